The molecule has 0 aromatic heterocycles. The maximum absolute atomic E-state index is 9.93. The Morgan fingerprint density at radius 3 is 2.58 bits per heavy atom. The predicted molar refractivity (Wildman–Crippen MR) is 76.5 cm³/mol. The fraction of sp³-hybridized carbons (Fsp3) is 1.00. The van der Waals surface area contributed by atoms with E-state index in [1.165, 1.54) is 25.9 Å². The topological polar surface area (TPSA) is 45.2 Å². The zero-order valence-electron chi connectivity index (χ0n) is 12.7. The van der Waals surface area contributed by atoms with Crippen LogP contribution in [0.1, 0.15) is 19.8 Å². The Labute approximate surface area is 117 Å². The van der Waals surface area contributed by atoms with Crippen molar-refractivity contribution in [2.45, 2.75) is 31.9 Å². The Kier molecular flexibility index (Phi) is 8.57. The third-order valence-electron chi connectivity index (χ3n) is 3.87. The summed E-state index contributed by atoms with van der Waals surface area (Å²) in [5.74, 6) is 0. The minimum Gasteiger partial charge on any atom is -0.389 e. The molecule has 1 heterocycles. The third-order valence-corrected chi connectivity index (χ3v) is 3.87. The van der Waals surface area contributed by atoms with Crippen LogP contribution >= 0.6 is 0 Å². The molecule has 1 rings (SSSR count). The van der Waals surface area contributed by atoms with Crippen molar-refractivity contribution in [1.82, 2.24) is 9.80 Å². The molecule has 1 aliphatic heterocycles. The SMILES string of the molecule is CCN1CCC(N(C)CC(O)COCCOC)CC1. The molecule has 19 heavy (non-hydrogen) atoms. The van der Waals surface area contributed by atoms with Crippen LogP contribution in [-0.2, 0) is 9.47 Å². The Hall–Kier alpha value is -0.200. The highest BCUT2D eigenvalue weighted by Gasteiger charge is 2.22. The lowest BCUT2D eigenvalue weighted by Crippen LogP contribution is -2.46. The number of hydrogen-bond acceptors (Lipinski definition) is 5. The van der Waals surface area contributed by atoms with Crippen molar-refractivity contribution in [3.63, 3.8) is 0 Å². The summed E-state index contributed by atoms with van der Waals surface area (Å²) >= 11 is 0. The maximum Gasteiger partial charge on any atom is 0.0900 e. The maximum atomic E-state index is 9.93. The summed E-state index contributed by atoms with van der Waals surface area (Å²) in [4.78, 5) is 4.76. The van der Waals surface area contributed by atoms with Crippen molar-refractivity contribution < 1.29 is 14.6 Å². The second-order valence-corrected chi connectivity index (χ2v) is 5.33. The summed E-state index contributed by atoms with van der Waals surface area (Å²) in [5.41, 5.74) is 0. The molecular formula is C14H30N2O3. The second kappa shape index (κ2) is 9.66. The summed E-state index contributed by atoms with van der Waals surface area (Å²) in [6.45, 7) is 7.91. The molecule has 114 valence electrons. The van der Waals surface area contributed by atoms with Crippen molar-refractivity contribution in [2.75, 3.05) is 60.2 Å². The molecule has 0 aliphatic carbocycles. The van der Waals surface area contributed by atoms with Crippen LogP contribution in [0.15, 0.2) is 0 Å². The summed E-state index contributed by atoms with van der Waals surface area (Å²) in [5, 5.41) is 9.93. The van der Waals surface area contributed by atoms with E-state index in [0.29, 0.717) is 32.4 Å². The molecule has 0 saturated carbocycles. The first kappa shape index (κ1) is 16.9. The van der Waals surface area contributed by atoms with Crippen LogP contribution < -0.4 is 0 Å². The highest BCUT2D eigenvalue weighted by atomic mass is 16.5. The van der Waals surface area contributed by atoms with Crippen LogP contribution in [0.3, 0.4) is 0 Å². The summed E-state index contributed by atoms with van der Waals surface area (Å²) < 4.78 is 10.2. The molecule has 1 atom stereocenters. The van der Waals surface area contributed by atoms with Gasteiger partial charge in [0.1, 0.15) is 0 Å². The molecule has 1 saturated heterocycles. The predicted octanol–water partition coefficient (Wildman–Crippen LogP) is 0.426. The van der Waals surface area contributed by atoms with Gasteiger partial charge < -0.3 is 24.4 Å². The van der Waals surface area contributed by atoms with Gasteiger partial charge in [0.25, 0.3) is 0 Å². The van der Waals surface area contributed by atoms with E-state index >= 15 is 0 Å². The van der Waals surface area contributed by atoms with E-state index in [1.807, 2.05) is 0 Å². The lowest BCUT2D eigenvalue weighted by Gasteiger charge is -2.37. The number of methoxy groups -OCH3 is 1. The zero-order chi connectivity index (χ0) is 14.1. The second-order valence-electron chi connectivity index (χ2n) is 5.33. The number of nitrogens with zero attached hydrogens (tertiary/aromatic N) is 2. The first-order chi connectivity index (χ1) is 9.17. The van der Waals surface area contributed by atoms with E-state index in [9.17, 15) is 5.11 Å². The number of piperidine rings is 1. The van der Waals surface area contributed by atoms with Gasteiger partial charge >= 0.3 is 0 Å². The monoisotopic (exact) mass is 274 g/mol. The van der Waals surface area contributed by atoms with Crippen molar-refractivity contribution in [3.8, 4) is 0 Å². The molecule has 1 aliphatic rings. The third kappa shape index (κ3) is 6.68. The number of likely N-dealkylation sites (tertiary alicyclic amines) is 1. The molecule has 0 bridgehead atoms. The van der Waals surface area contributed by atoms with Crippen LogP contribution in [-0.4, -0.2) is 87.2 Å². The number of aliphatic hydroxyl groups excluding tert-OH is 1. The van der Waals surface area contributed by atoms with Gasteiger partial charge in [-0.2, -0.15) is 0 Å². The van der Waals surface area contributed by atoms with E-state index in [0.717, 1.165) is 6.54 Å². The quantitative estimate of drug-likeness (QED) is 0.618. The lowest BCUT2D eigenvalue weighted by molar-refractivity contribution is -0.00627. The number of rotatable bonds is 9. The number of ether oxygens (including phenoxy) is 2. The average molecular weight is 274 g/mol. The molecule has 0 spiro atoms. The van der Waals surface area contributed by atoms with Crippen LogP contribution in [0.5, 0.6) is 0 Å². The van der Waals surface area contributed by atoms with Gasteiger partial charge in [0.15, 0.2) is 0 Å². The summed E-state index contributed by atoms with van der Waals surface area (Å²) in [6.07, 6.45) is 1.98. The Morgan fingerprint density at radius 2 is 2.00 bits per heavy atom. The van der Waals surface area contributed by atoms with Crippen LogP contribution in [0.25, 0.3) is 0 Å². The molecule has 1 N–H and O–H groups in total. The van der Waals surface area contributed by atoms with Gasteiger partial charge in [-0.3, -0.25) is 0 Å². The van der Waals surface area contributed by atoms with Crippen molar-refractivity contribution in [1.29, 1.82) is 0 Å². The molecule has 1 unspecified atom stereocenters. The summed E-state index contributed by atoms with van der Waals surface area (Å²) in [6, 6.07) is 0.594. The van der Waals surface area contributed by atoms with Crippen molar-refractivity contribution in [2.24, 2.45) is 0 Å². The van der Waals surface area contributed by atoms with Gasteiger partial charge in [-0.25, -0.2) is 0 Å². The highest BCUT2D eigenvalue weighted by Crippen LogP contribution is 2.15. The van der Waals surface area contributed by atoms with E-state index in [2.05, 4.69) is 23.8 Å². The minimum atomic E-state index is -0.411. The van der Waals surface area contributed by atoms with E-state index < -0.39 is 6.10 Å². The van der Waals surface area contributed by atoms with Gasteiger partial charge in [-0.15, -0.1) is 0 Å². The standard InChI is InChI=1S/C14H30N2O3/c1-4-16-7-5-13(6-8-16)15(2)11-14(17)12-19-10-9-18-3/h13-14,17H,4-12H2,1-3H3. The normalized spacial score (nSPS) is 20.1. The van der Waals surface area contributed by atoms with Gasteiger partial charge in [0, 0.05) is 19.7 Å². The van der Waals surface area contributed by atoms with E-state index in [1.54, 1.807) is 7.11 Å². The van der Waals surface area contributed by atoms with Crippen molar-refractivity contribution in [3.05, 3.63) is 0 Å². The van der Waals surface area contributed by atoms with E-state index in [4.69, 9.17) is 9.47 Å². The molecule has 0 aromatic carbocycles. The molecule has 0 amide bonds. The first-order valence-corrected chi connectivity index (χ1v) is 7.34. The van der Waals surface area contributed by atoms with Crippen molar-refractivity contribution >= 4 is 0 Å². The summed E-state index contributed by atoms with van der Waals surface area (Å²) in [7, 11) is 3.75. The smallest absolute Gasteiger partial charge is 0.0900 e. The molecule has 0 aromatic rings. The Balaban J connectivity index is 2.14. The van der Waals surface area contributed by atoms with E-state index in [-0.39, 0.29) is 0 Å². The highest BCUT2D eigenvalue weighted by molar-refractivity contribution is 4.78. The minimum absolute atomic E-state index is 0.390. The molecular weight excluding hydrogens is 244 g/mol. The van der Waals surface area contributed by atoms with Gasteiger partial charge in [0.05, 0.1) is 25.9 Å². The van der Waals surface area contributed by atoms with Crippen LogP contribution in [0.2, 0.25) is 0 Å². The lowest BCUT2D eigenvalue weighted by atomic mass is 10.0. The number of hydrogen-bond donors (Lipinski definition) is 1. The zero-order valence-corrected chi connectivity index (χ0v) is 12.7. The number of aliphatic hydroxyl groups is 1. The molecule has 5 nitrogen and oxygen atoms in total. The van der Waals surface area contributed by atoms with Gasteiger partial charge in [0.2, 0.25) is 0 Å². The average Bonchev–Trinajstić information content (AvgIpc) is 2.43. The Bertz CT molecular complexity index is 221. The van der Waals surface area contributed by atoms with Gasteiger partial charge in [-0.05, 0) is 39.5 Å². The Morgan fingerprint density at radius 1 is 1.32 bits per heavy atom. The molecule has 1 fully saturated rings. The number of likely N-dealkylation sites (N-methyl/N-ethyl adjacent to an activating group) is 1. The fourth-order valence-electron chi connectivity index (χ4n) is 2.57. The van der Waals surface area contributed by atoms with Gasteiger partial charge in [-0.1, -0.05) is 6.92 Å². The van der Waals surface area contributed by atoms with Crippen LogP contribution in [0.4, 0.5) is 0 Å². The first-order valence-electron chi connectivity index (χ1n) is 7.34. The molecule has 5 heteroatoms. The fourth-order valence-corrected chi connectivity index (χ4v) is 2.57. The molecule has 0 radical (unpaired) electrons. The van der Waals surface area contributed by atoms with Crippen LogP contribution in [0, 0.1) is 0 Å². The largest absolute Gasteiger partial charge is 0.389 e.